The van der Waals surface area contributed by atoms with Crippen LogP contribution < -0.4 is 11.2 Å². The molecule has 0 unspecified atom stereocenters. The normalized spacial score (nSPS) is 11.9. The van der Waals surface area contributed by atoms with Gasteiger partial charge in [-0.05, 0) is 18.9 Å². The van der Waals surface area contributed by atoms with E-state index in [9.17, 15) is 4.79 Å². The second kappa shape index (κ2) is 6.13. The molecular formula is C12H14N6O2. The van der Waals surface area contributed by atoms with Gasteiger partial charge < -0.3 is 5.73 Å². The van der Waals surface area contributed by atoms with Crippen molar-refractivity contribution < 1.29 is 10.0 Å². The third-order valence-electron chi connectivity index (χ3n) is 2.69. The van der Waals surface area contributed by atoms with Gasteiger partial charge in [-0.3, -0.25) is 10.0 Å². The summed E-state index contributed by atoms with van der Waals surface area (Å²) in [5, 5.41) is 24.0. The van der Waals surface area contributed by atoms with Crippen molar-refractivity contribution in [1.29, 1.82) is 0 Å². The number of hydroxylamine groups is 1. The van der Waals surface area contributed by atoms with E-state index in [0.29, 0.717) is 18.1 Å². The predicted molar refractivity (Wildman–Crippen MR) is 69.4 cm³/mol. The molecule has 0 fully saturated rings. The molecule has 0 aliphatic carbocycles. The number of carbonyl (C=O) groups excluding carboxylic acids is 1. The monoisotopic (exact) mass is 274 g/mol. The van der Waals surface area contributed by atoms with Gasteiger partial charge in [0.25, 0.3) is 5.91 Å². The second-order valence-corrected chi connectivity index (χ2v) is 4.25. The molecule has 2 aromatic rings. The van der Waals surface area contributed by atoms with Gasteiger partial charge in [0.15, 0.2) is 5.82 Å². The summed E-state index contributed by atoms with van der Waals surface area (Å²) in [5.74, 6) is 0.315. The van der Waals surface area contributed by atoms with Crippen LogP contribution >= 0.6 is 0 Å². The van der Waals surface area contributed by atoms with E-state index in [0.717, 1.165) is 11.1 Å². The summed E-state index contributed by atoms with van der Waals surface area (Å²) >= 11 is 0. The van der Waals surface area contributed by atoms with Gasteiger partial charge in [0.2, 0.25) is 5.82 Å². The molecule has 8 heteroatoms. The second-order valence-electron chi connectivity index (χ2n) is 4.25. The van der Waals surface area contributed by atoms with E-state index in [1.54, 1.807) is 19.1 Å². The molecule has 0 aliphatic rings. The lowest BCUT2D eigenvalue weighted by Crippen LogP contribution is -2.40. The molecule has 0 saturated heterocycles. The smallest absolute Gasteiger partial charge is 0.260 e. The molecule has 20 heavy (non-hydrogen) atoms. The van der Waals surface area contributed by atoms with Crippen molar-refractivity contribution in [2.75, 3.05) is 0 Å². The number of benzene rings is 1. The van der Waals surface area contributed by atoms with Crippen LogP contribution in [0.3, 0.4) is 0 Å². The Morgan fingerprint density at radius 3 is 2.40 bits per heavy atom. The fourth-order valence-electron chi connectivity index (χ4n) is 1.61. The summed E-state index contributed by atoms with van der Waals surface area (Å²) in [6.45, 7) is 1.71. The van der Waals surface area contributed by atoms with Crippen molar-refractivity contribution in [3.05, 3.63) is 35.7 Å². The molecule has 1 aromatic heterocycles. The first-order valence-corrected chi connectivity index (χ1v) is 5.93. The van der Waals surface area contributed by atoms with Gasteiger partial charge in [0.1, 0.15) is 0 Å². The summed E-state index contributed by atoms with van der Waals surface area (Å²) in [7, 11) is 0. The van der Waals surface area contributed by atoms with E-state index in [1.807, 2.05) is 12.1 Å². The summed E-state index contributed by atoms with van der Waals surface area (Å²) in [6.07, 6.45) is 0.317. The third kappa shape index (κ3) is 3.31. The number of rotatable bonds is 4. The first kappa shape index (κ1) is 14.0. The number of nitrogens with zero attached hydrogens (tertiary/aromatic N) is 4. The zero-order valence-electron chi connectivity index (χ0n) is 10.8. The average molecular weight is 274 g/mol. The molecule has 1 aromatic carbocycles. The Morgan fingerprint density at radius 1 is 1.25 bits per heavy atom. The number of hydrogen-bond acceptors (Lipinski definition) is 7. The van der Waals surface area contributed by atoms with Crippen LogP contribution in [-0.2, 0) is 11.2 Å². The number of nitrogens with one attached hydrogen (secondary N) is 1. The Kier molecular flexibility index (Phi) is 4.28. The van der Waals surface area contributed by atoms with Gasteiger partial charge in [-0.2, -0.15) is 0 Å². The summed E-state index contributed by atoms with van der Waals surface area (Å²) in [5.41, 5.74) is 8.77. The van der Waals surface area contributed by atoms with Gasteiger partial charge in [-0.25, -0.2) is 5.48 Å². The topological polar surface area (TPSA) is 127 Å². The Morgan fingerprint density at radius 2 is 1.85 bits per heavy atom. The van der Waals surface area contributed by atoms with Crippen molar-refractivity contribution in [2.45, 2.75) is 19.4 Å². The molecule has 4 N–H and O–H groups in total. The number of nitrogens with two attached hydrogens (primary N) is 1. The molecule has 2 rings (SSSR count). The summed E-state index contributed by atoms with van der Waals surface area (Å²) in [4.78, 5) is 11.1. The highest BCUT2D eigenvalue weighted by atomic mass is 16.5. The van der Waals surface area contributed by atoms with E-state index < -0.39 is 11.9 Å². The molecule has 0 radical (unpaired) electrons. The fourth-order valence-corrected chi connectivity index (χ4v) is 1.61. The molecule has 104 valence electrons. The van der Waals surface area contributed by atoms with Crippen molar-refractivity contribution in [3.63, 3.8) is 0 Å². The molecule has 0 bridgehead atoms. The minimum absolute atomic E-state index is 0.317. The predicted octanol–water partition coefficient (Wildman–Crippen LogP) is -0.383. The van der Waals surface area contributed by atoms with Crippen molar-refractivity contribution in [3.8, 4) is 11.4 Å². The van der Waals surface area contributed by atoms with E-state index in [1.165, 1.54) is 5.48 Å². The maximum atomic E-state index is 11.1. The third-order valence-corrected chi connectivity index (χ3v) is 2.69. The number of hydrogen-bond donors (Lipinski definition) is 3. The van der Waals surface area contributed by atoms with Gasteiger partial charge in [0, 0.05) is 5.56 Å². The minimum Gasteiger partial charge on any atom is -0.320 e. The van der Waals surface area contributed by atoms with Gasteiger partial charge in [0.05, 0.1) is 6.04 Å². The molecule has 1 atom stereocenters. The van der Waals surface area contributed by atoms with Crippen LogP contribution in [0.2, 0.25) is 0 Å². The van der Waals surface area contributed by atoms with Gasteiger partial charge in [-0.15, -0.1) is 20.4 Å². The number of aryl methyl sites for hydroxylation is 1. The van der Waals surface area contributed by atoms with E-state index >= 15 is 0 Å². The Bertz CT molecular complexity index is 584. The highest BCUT2D eigenvalue weighted by Crippen LogP contribution is 2.14. The largest absolute Gasteiger partial charge is 0.320 e. The zero-order chi connectivity index (χ0) is 14.5. The van der Waals surface area contributed by atoms with Crippen molar-refractivity contribution >= 4 is 5.91 Å². The van der Waals surface area contributed by atoms with Crippen LogP contribution in [-0.4, -0.2) is 37.6 Å². The standard InChI is InChI=1S/C12H14N6O2/c1-7-14-16-11(17-15-7)9-4-2-8(3-5-9)6-10(13)12(19)18-20/h2-5,10,20H,6,13H2,1H3,(H,18,19)/t10-/m0/s1. The quantitative estimate of drug-likeness (QED) is 0.512. The highest BCUT2D eigenvalue weighted by Gasteiger charge is 2.13. The molecule has 1 heterocycles. The first-order valence-electron chi connectivity index (χ1n) is 5.93. The lowest BCUT2D eigenvalue weighted by molar-refractivity contribution is -0.130. The first-order chi connectivity index (χ1) is 9.60. The van der Waals surface area contributed by atoms with Crippen molar-refractivity contribution in [2.24, 2.45) is 5.73 Å². The number of amides is 1. The number of aromatic nitrogens is 4. The van der Waals surface area contributed by atoms with E-state index in [2.05, 4.69) is 20.4 Å². The molecular weight excluding hydrogens is 260 g/mol. The molecule has 1 amide bonds. The van der Waals surface area contributed by atoms with Gasteiger partial charge >= 0.3 is 0 Å². The molecule has 8 nitrogen and oxygen atoms in total. The Labute approximate surface area is 115 Å². The van der Waals surface area contributed by atoms with Gasteiger partial charge in [-0.1, -0.05) is 24.3 Å². The maximum absolute atomic E-state index is 11.1. The highest BCUT2D eigenvalue weighted by molar-refractivity contribution is 5.80. The van der Waals surface area contributed by atoms with Crippen LogP contribution in [0.4, 0.5) is 0 Å². The maximum Gasteiger partial charge on any atom is 0.260 e. The Hall–Kier alpha value is -2.45. The molecule has 0 spiro atoms. The van der Waals surface area contributed by atoms with Crippen molar-refractivity contribution in [1.82, 2.24) is 25.9 Å². The molecule has 0 aliphatic heterocycles. The number of carbonyl (C=O) groups is 1. The lowest BCUT2D eigenvalue weighted by atomic mass is 10.0. The summed E-state index contributed by atoms with van der Waals surface area (Å²) < 4.78 is 0. The zero-order valence-corrected chi connectivity index (χ0v) is 10.8. The van der Waals surface area contributed by atoms with E-state index in [-0.39, 0.29) is 0 Å². The lowest BCUT2D eigenvalue weighted by Gasteiger charge is -2.09. The van der Waals surface area contributed by atoms with Crippen LogP contribution in [0.1, 0.15) is 11.4 Å². The fraction of sp³-hybridized carbons (Fsp3) is 0.250. The van der Waals surface area contributed by atoms with Crippen LogP contribution in [0.15, 0.2) is 24.3 Å². The minimum atomic E-state index is -0.801. The van der Waals surface area contributed by atoms with E-state index in [4.69, 9.17) is 10.9 Å². The van der Waals surface area contributed by atoms with Crippen LogP contribution in [0.25, 0.3) is 11.4 Å². The summed E-state index contributed by atoms with van der Waals surface area (Å²) in [6, 6.07) is 6.41. The SMILES string of the molecule is Cc1nnc(-c2ccc(C[C@H](N)C(=O)NO)cc2)nn1. The van der Waals surface area contributed by atoms with Crippen LogP contribution in [0.5, 0.6) is 0 Å². The van der Waals surface area contributed by atoms with Crippen LogP contribution in [0, 0.1) is 6.92 Å². The molecule has 0 saturated carbocycles. The average Bonchev–Trinajstić information content (AvgIpc) is 2.48. The Balaban J connectivity index is 2.10.